The topological polar surface area (TPSA) is 79.4 Å². The molecule has 8 heteroatoms. The summed E-state index contributed by atoms with van der Waals surface area (Å²) in [6.07, 6.45) is 1.75. The largest absolute Gasteiger partial charge is 0.487 e. The molecule has 182 valence electrons. The molecule has 0 bridgehead atoms. The second-order valence-electron chi connectivity index (χ2n) is 8.11. The lowest BCUT2D eigenvalue weighted by molar-refractivity contribution is 0.0527. The van der Waals surface area contributed by atoms with Crippen LogP contribution in [0.3, 0.4) is 0 Å². The fourth-order valence-corrected chi connectivity index (χ4v) is 4.48. The van der Waals surface area contributed by atoms with Crippen molar-refractivity contribution in [3.63, 3.8) is 0 Å². The van der Waals surface area contributed by atoms with Crippen LogP contribution in [0.1, 0.15) is 34.3 Å². The first-order valence-electron chi connectivity index (χ1n) is 11.6. The van der Waals surface area contributed by atoms with Gasteiger partial charge in [-0.3, -0.25) is 4.68 Å². The Labute approximate surface area is 212 Å². The summed E-state index contributed by atoms with van der Waals surface area (Å²) < 4.78 is 18.8. The quantitative estimate of drug-likeness (QED) is 0.219. The van der Waals surface area contributed by atoms with Crippen LogP contribution in [0.25, 0.3) is 22.0 Å². The molecular formula is C28H25N3O4S. The average molecular weight is 500 g/mol. The number of carbonyl (C=O) groups excluding carboxylic acids is 1. The average Bonchev–Trinajstić information content (AvgIpc) is 3.65. The van der Waals surface area contributed by atoms with Crippen LogP contribution in [0.5, 0.6) is 5.75 Å². The molecule has 0 amide bonds. The molecule has 7 nitrogen and oxygen atoms in total. The summed E-state index contributed by atoms with van der Waals surface area (Å²) in [6, 6.07) is 21.5. The van der Waals surface area contributed by atoms with Crippen molar-refractivity contribution in [3.8, 4) is 27.8 Å². The molecule has 2 aromatic carbocycles. The van der Waals surface area contributed by atoms with Gasteiger partial charge < -0.3 is 13.9 Å². The van der Waals surface area contributed by atoms with E-state index in [0.29, 0.717) is 36.9 Å². The van der Waals surface area contributed by atoms with Crippen molar-refractivity contribution >= 4 is 17.3 Å². The number of hydrogen-bond acceptors (Lipinski definition) is 7. The van der Waals surface area contributed by atoms with Gasteiger partial charge in [-0.25, -0.2) is 9.78 Å². The van der Waals surface area contributed by atoms with Crippen LogP contribution >= 0.6 is 11.3 Å². The van der Waals surface area contributed by atoms with E-state index in [9.17, 15) is 4.79 Å². The third kappa shape index (κ3) is 5.23. The summed E-state index contributed by atoms with van der Waals surface area (Å²) in [5.74, 6) is 1.69. The van der Waals surface area contributed by atoms with E-state index in [0.717, 1.165) is 33.2 Å². The summed E-state index contributed by atoms with van der Waals surface area (Å²) in [4.78, 5) is 18.0. The Hall–Kier alpha value is -4.17. The molecule has 0 spiro atoms. The Bertz CT molecular complexity index is 1440. The van der Waals surface area contributed by atoms with Gasteiger partial charge in [-0.15, -0.1) is 11.3 Å². The van der Waals surface area contributed by atoms with Crippen molar-refractivity contribution in [3.05, 3.63) is 101 Å². The number of carbonyl (C=O) groups is 1. The lowest BCUT2D eigenvalue weighted by Gasteiger charge is -2.06. The second-order valence-corrected chi connectivity index (χ2v) is 9.05. The number of rotatable bonds is 9. The molecule has 0 aliphatic rings. The number of aryl methyl sites for hydroxylation is 1. The van der Waals surface area contributed by atoms with E-state index in [4.69, 9.17) is 13.9 Å². The summed E-state index contributed by atoms with van der Waals surface area (Å²) in [5.41, 5.74) is 3.84. The molecular weight excluding hydrogens is 474 g/mol. The molecule has 0 aliphatic heterocycles. The number of benzene rings is 2. The maximum atomic E-state index is 12.5. The first-order chi connectivity index (χ1) is 17.6. The molecule has 0 radical (unpaired) electrons. The summed E-state index contributed by atoms with van der Waals surface area (Å²) in [6.45, 7) is 4.83. The molecule has 0 N–H and O–H groups in total. The van der Waals surface area contributed by atoms with E-state index < -0.39 is 0 Å². The minimum Gasteiger partial charge on any atom is -0.487 e. The van der Waals surface area contributed by atoms with Gasteiger partial charge in [-0.05, 0) is 55.1 Å². The predicted molar refractivity (Wildman–Crippen MR) is 138 cm³/mol. The highest BCUT2D eigenvalue weighted by Crippen LogP contribution is 2.28. The zero-order valence-electron chi connectivity index (χ0n) is 20.0. The molecule has 0 unspecified atom stereocenters. The summed E-state index contributed by atoms with van der Waals surface area (Å²) in [7, 11) is 0. The van der Waals surface area contributed by atoms with Crippen LogP contribution in [0.4, 0.5) is 0 Å². The first-order valence-corrected chi connectivity index (χ1v) is 12.5. The van der Waals surface area contributed by atoms with Gasteiger partial charge in [0.2, 0.25) is 5.89 Å². The van der Waals surface area contributed by atoms with Crippen LogP contribution in [0, 0.1) is 6.92 Å². The zero-order valence-corrected chi connectivity index (χ0v) is 20.8. The smallest absolute Gasteiger partial charge is 0.342 e. The fourth-order valence-electron chi connectivity index (χ4n) is 3.75. The standard InChI is InChI=1S/C28H25N3O4S/c1-3-33-28(32)23-17-31(30-26(23)25-10-7-15-36-25)16-20-11-13-22(14-12-20)34-18-24-19(2)35-27(29-24)21-8-5-4-6-9-21/h4-15,17H,3,16,18H2,1-2H3. The predicted octanol–water partition coefficient (Wildman–Crippen LogP) is 6.38. The van der Waals surface area contributed by atoms with Gasteiger partial charge in [0.05, 0.1) is 18.0 Å². The monoisotopic (exact) mass is 499 g/mol. The highest BCUT2D eigenvalue weighted by molar-refractivity contribution is 7.13. The number of oxazole rings is 1. The van der Waals surface area contributed by atoms with Crippen LogP contribution in [-0.2, 0) is 17.9 Å². The summed E-state index contributed by atoms with van der Waals surface area (Å²) in [5, 5.41) is 6.63. The number of aromatic nitrogens is 3. The van der Waals surface area contributed by atoms with Crippen molar-refractivity contribution in [1.29, 1.82) is 0 Å². The Morgan fingerprint density at radius 2 is 1.86 bits per heavy atom. The zero-order chi connectivity index (χ0) is 24.9. The molecule has 0 aliphatic carbocycles. The SMILES string of the molecule is CCOC(=O)c1cn(Cc2ccc(OCc3nc(-c4ccccc4)oc3C)cc2)nc1-c1cccs1. The van der Waals surface area contributed by atoms with Gasteiger partial charge in [0, 0.05) is 11.8 Å². The van der Waals surface area contributed by atoms with Gasteiger partial charge in [0.1, 0.15) is 35.1 Å². The van der Waals surface area contributed by atoms with E-state index in [1.54, 1.807) is 29.1 Å². The lowest BCUT2D eigenvalue weighted by atomic mass is 10.2. The van der Waals surface area contributed by atoms with E-state index in [1.165, 1.54) is 0 Å². The number of esters is 1. The van der Waals surface area contributed by atoms with Crippen molar-refractivity contribution in [2.24, 2.45) is 0 Å². The normalized spacial score (nSPS) is 10.9. The number of thiophene rings is 1. The lowest BCUT2D eigenvalue weighted by Crippen LogP contribution is -2.05. The Morgan fingerprint density at radius 3 is 2.58 bits per heavy atom. The Morgan fingerprint density at radius 1 is 1.06 bits per heavy atom. The second kappa shape index (κ2) is 10.6. The van der Waals surface area contributed by atoms with E-state index in [1.807, 2.05) is 79.0 Å². The highest BCUT2D eigenvalue weighted by Gasteiger charge is 2.20. The van der Waals surface area contributed by atoms with Crippen molar-refractivity contribution < 1.29 is 18.7 Å². The van der Waals surface area contributed by atoms with E-state index in [2.05, 4.69) is 10.1 Å². The molecule has 0 saturated heterocycles. The van der Waals surface area contributed by atoms with Crippen molar-refractivity contribution in [1.82, 2.24) is 14.8 Å². The van der Waals surface area contributed by atoms with E-state index >= 15 is 0 Å². The number of hydrogen-bond donors (Lipinski definition) is 0. The minimum atomic E-state index is -0.366. The van der Waals surface area contributed by atoms with Crippen molar-refractivity contribution in [2.75, 3.05) is 6.61 Å². The third-order valence-electron chi connectivity index (χ3n) is 5.57. The van der Waals surface area contributed by atoms with Gasteiger partial charge in [0.25, 0.3) is 0 Å². The molecule has 36 heavy (non-hydrogen) atoms. The minimum absolute atomic E-state index is 0.313. The van der Waals surface area contributed by atoms with Gasteiger partial charge in [-0.2, -0.15) is 5.10 Å². The van der Waals surface area contributed by atoms with E-state index in [-0.39, 0.29) is 5.97 Å². The van der Waals surface area contributed by atoms with Crippen LogP contribution in [0.2, 0.25) is 0 Å². The molecule has 5 rings (SSSR count). The highest BCUT2D eigenvalue weighted by atomic mass is 32.1. The van der Waals surface area contributed by atoms with Gasteiger partial charge >= 0.3 is 5.97 Å². The fraction of sp³-hybridized carbons (Fsp3) is 0.179. The molecule has 0 atom stereocenters. The summed E-state index contributed by atoms with van der Waals surface area (Å²) >= 11 is 1.54. The Balaban J connectivity index is 1.26. The van der Waals surface area contributed by atoms with Crippen LogP contribution < -0.4 is 4.74 Å². The molecule has 3 heterocycles. The third-order valence-corrected chi connectivity index (χ3v) is 6.45. The van der Waals surface area contributed by atoms with Crippen LogP contribution in [0.15, 0.2) is 82.7 Å². The maximum Gasteiger partial charge on any atom is 0.342 e. The molecule has 3 aromatic heterocycles. The molecule has 5 aromatic rings. The van der Waals surface area contributed by atoms with Gasteiger partial charge in [0.15, 0.2) is 0 Å². The number of nitrogens with zero attached hydrogens (tertiary/aromatic N) is 3. The Kier molecular flexibility index (Phi) is 6.95. The maximum absolute atomic E-state index is 12.5. The van der Waals surface area contributed by atoms with Crippen molar-refractivity contribution in [2.45, 2.75) is 27.0 Å². The number of ether oxygens (including phenoxy) is 2. The van der Waals surface area contributed by atoms with Gasteiger partial charge in [-0.1, -0.05) is 36.4 Å². The van der Waals surface area contributed by atoms with Crippen LogP contribution in [-0.4, -0.2) is 27.3 Å². The first kappa shape index (κ1) is 23.6. The molecule has 0 fully saturated rings. The molecule has 0 saturated carbocycles.